The van der Waals surface area contributed by atoms with Crippen LogP contribution in [0.5, 0.6) is 5.75 Å². The van der Waals surface area contributed by atoms with Gasteiger partial charge in [0.2, 0.25) is 0 Å². The van der Waals surface area contributed by atoms with Crippen LogP contribution in [0.3, 0.4) is 0 Å². The minimum atomic E-state index is -0.185. The molecule has 0 saturated carbocycles. The van der Waals surface area contributed by atoms with Gasteiger partial charge in [0, 0.05) is 6.54 Å². The number of nitrogens with one attached hydrogen (secondary N) is 1. The van der Waals surface area contributed by atoms with Gasteiger partial charge in [0.25, 0.3) is 5.91 Å². The largest absolute Gasteiger partial charge is 0.482 e. The molecule has 0 aliphatic heterocycles. The van der Waals surface area contributed by atoms with Crippen molar-refractivity contribution < 1.29 is 9.53 Å². The van der Waals surface area contributed by atoms with Crippen molar-refractivity contribution in [2.45, 2.75) is 13.3 Å². The molecule has 0 fully saturated rings. The maximum atomic E-state index is 11.3. The fourth-order valence-corrected chi connectivity index (χ4v) is 1.21. The van der Waals surface area contributed by atoms with Crippen LogP contribution in [0.4, 0.5) is 5.69 Å². The average molecular weight is 233 g/mol. The molecule has 5 nitrogen and oxygen atoms in total. The quantitative estimate of drug-likeness (QED) is 0.744. The molecule has 3 N–H and O–H groups in total. The SMILES string of the molecule is CCCNC(=O)COc1ccc(C#N)cc1N. The van der Waals surface area contributed by atoms with Gasteiger partial charge in [-0.25, -0.2) is 0 Å². The van der Waals surface area contributed by atoms with Gasteiger partial charge in [-0.15, -0.1) is 0 Å². The molecule has 0 radical (unpaired) electrons. The number of rotatable bonds is 5. The van der Waals surface area contributed by atoms with Crippen molar-refractivity contribution in [3.05, 3.63) is 23.8 Å². The summed E-state index contributed by atoms with van der Waals surface area (Å²) >= 11 is 0. The number of nitriles is 1. The van der Waals surface area contributed by atoms with Crippen molar-refractivity contribution in [1.82, 2.24) is 5.32 Å². The van der Waals surface area contributed by atoms with Crippen LogP contribution in [-0.4, -0.2) is 19.1 Å². The van der Waals surface area contributed by atoms with E-state index in [1.807, 2.05) is 13.0 Å². The number of hydrogen-bond donors (Lipinski definition) is 2. The molecule has 1 rings (SSSR count). The maximum absolute atomic E-state index is 11.3. The zero-order chi connectivity index (χ0) is 12.7. The number of carbonyl (C=O) groups is 1. The summed E-state index contributed by atoms with van der Waals surface area (Å²) in [4.78, 5) is 11.3. The van der Waals surface area contributed by atoms with Crippen LogP contribution in [0, 0.1) is 11.3 Å². The molecule has 0 atom stereocenters. The van der Waals surface area contributed by atoms with Crippen molar-refractivity contribution in [2.24, 2.45) is 0 Å². The van der Waals surface area contributed by atoms with E-state index in [9.17, 15) is 4.79 Å². The van der Waals surface area contributed by atoms with Crippen molar-refractivity contribution in [1.29, 1.82) is 5.26 Å². The Kier molecular flexibility index (Phi) is 4.82. The first-order valence-electron chi connectivity index (χ1n) is 5.36. The Morgan fingerprint density at radius 1 is 1.59 bits per heavy atom. The molecule has 1 amide bonds. The topological polar surface area (TPSA) is 88.1 Å². The molecule has 0 aromatic heterocycles. The summed E-state index contributed by atoms with van der Waals surface area (Å²) in [5.41, 5.74) is 6.49. The Morgan fingerprint density at radius 2 is 2.35 bits per heavy atom. The summed E-state index contributed by atoms with van der Waals surface area (Å²) in [6.07, 6.45) is 0.880. The number of amides is 1. The van der Waals surface area contributed by atoms with Gasteiger partial charge in [-0.05, 0) is 24.6 Å². The lowest BCUT2D eigenvalue weighted by molar-refractivity contribution is -0.123. The Bertz CT molecular complexity index is 438. The first-order chi connectivity index (χ1) is 8.17. The molecule has 0 bridgehead atoms. The lowest BCUT2D eigenvalue weighted by atomic mass is 10.2. The third-order valence-electron chi connectivity index (χ3n) is 2.07. The Balaban J connectivity index is 2.52. The number of nitrogens with zero attached hydrogens (tertiary/aromatic N) is 1. The van der Waals surface area contributed by atoms with Crippen LogP contribution in [0.25, 0.3) is 0 Å². The predicted molar refractivity (Wildman–Crippen MR) is 64.4 cm³/mol. The van der Waals surface area contributed by atoms with Gasteiger partial charge < -0.3 is 15.8 Å². The van der Waals surface area contributed by atoms with E-state index in [4.69, 9.17) is 15.7 Å². The summed E-state index contributed by atoms with van der Waals surface area (Å²) in [5.74, 6) is 0.228. The van der Waals surface area contributed by atoms with Crippen molar-refractivity contribution in [3.63, 3.8) is 0 Å². The molecular weight excluding hydrogens is 218 g/mol. The standard InChI is InChI=1S/C12H15N3O2/c1-2-5-15-12(16)8-17-11-4-3-9(7-13)6-10(11)14/h3-4,6H,2,5,8,14H2,1H3,(H,15,16). The second-order valence-electron chi connectivity index (χ2n) is 3.50. The van der Waals surface area contributed by atoms with E-state index in [2.05, 4.69) is 5.32 Å². The lowest BCUT2D eigenvalue weighted by Gasteiger charge is -2.08. The van der Waals surface area contributed by atoms with Gasteiger partial charge in [0.15, 0.2) is 6.61 Å². The van der Waals surface area contributed by atoms with Gasteiger partial charge >= 0.3 is 0 Å². The van der Waals surface area contributed by atoms with E-state index in [1.165, 1.54) is 6.07 Å². The Morgan fingerprint density at radius 3 is 2.94 bits per heavy atom. The maximum Gasteiger partial charge on any atom is 0.257 e. The van der Waals surface area contributed by atoms with Crippen LogP contribution in [0.1, 0.15) is 18.9 Å². The van der Waals surface area contributed by atoms with Gasteiger partial charge in [0.1, 0.15) is 5.75 Å². The second kappa shape index (κ2) is 6.38. The number of benzene rings is 1. The van der Waals surface area contributed by atoms with Gasteiger partial charge in [-0.1, -0.05) is 6.92 Å². The molecule has 1 aromatic rings. The van der Waals surface area contributed by atoms with E-state index >= 15 is 0 Å². The molecule has 0 saturated heterocycles. The van der Waals surface area contributed by atoms with Crippen molar-refractivity contribution in [2.75, 3.05) is 18.9 Å². The number of hydrogen-bond acceptors (Lipinski definition) is 4. The first kappa shape index (κ1) is 12.8. The third-order valence-corrected chi connectivity index (χ3v) is 2.07. The van der Waals surface area contributed by atoms with Gasteiger partial charge in [-0.3, -0.25) is 4.79 Å². The first-order valence-corrected chi connectivity index (χ1v) is 5.36. The summed E-state index contributed by atoms with van der Waals surface area (Å²) in [7, 11) is 0. The Hall–Kier alpha value is -2.22. The molecule has 0 aliphatic rings. The summed E-state index contributed by atoms with van der Waals surface area (Å²) < 4.78 is 5.25. The predicted octanol–water partition coefficient (Wildman–Crippen LogP) is 1.05. The summed E-state index contributed by atoms with van der Waals surface area (Å²) in [6, 6.07) is 6.66. The monoisotopic (exact) mass is 233 g/mol. The zero-order valence-corrected chi connectivity index (χ0v) is 9.69. The van der Waals surface area contributed by atoms with E-state index in [0.717, 1.165) is 6.42 Å². The molecule has 0 unspecified atom stereocenters. The normalized spacial score (nSPS) is 9.41. The van der Waals surface area contributed by atoms with E-state index < -0.39 is 0 Å². The highest BCUT2D eigenvalue weighted by Crippen LogP contribution is 2.21. The highest BCUT2D eigenvalue weighted by atomic mass is 16.5. The minimum Gasteiger partial charge on any atom is -0.482 e. The van der Waals surface area contributed by atoms with Gasteiger partial charge in [0.05, 0.1) is 17.3 Å². The van der Waals surface area contributed by atoms with Crippen LogP contribution in [0.15, 0.2) is 18.2 Å². The van der Waals surface area contributed by atoms with Crippen molar-refractivity contribution in [3.8, 4) is 11.8 Å². The van der Waals surface area contributed by atoms with Crippen LogP contribution in [0.2, 0.25) is 0 Å². The van der Waals surface area contributed by atoms with E-state index in [-0.39, 0.29) is 12.5 Å². The fraction of sp³-hybridized carbons (Fsp3) is 0.333. The molecule has 1 aromatic carbocycles. The number of ether oxygens (including phenoxy) is 1. The highest BCUT2D eigenvalue weighted by molar-refractivity contribution is 5.77. The number of anilines is 1. The Labute approximate surface area is 100 Å². The summed E-state index contributed by atoms with van der Waals surface area (Å²) in [6.45, 7) is 2.53. The third kappa shape index (κ3) is 4.03. The molecule has 0 spiro atoms. The van der Waals surface area contributed by atoms with E-state index in [0.29, 0.717) is 23.5 Å². The zero-order valence-electron chi connectivity index (χ0n) is 9.69. The van der Waals surface area contributed by atoms with Gasteiger partial charge in [-0.2, -0.15) is 5.26 Å². The van der Waals surface area contributed by atoms with E-state index in [1.54, 1.807) is 12.1 Å². The number of nitrogens with two attached hydrogens (primary N) is 1. The molecule has 0 heterocycles. The molecular formula is C12H15N3O2. The molecule has 17 heavy (non-hydrogen) atoms. The second-order valence-corrected chi connectivity index (χ2v) is 3.50. The van der Waals surface area contributed by atoms with Crippen LogP contribution in [-0.2, 0) is 4.79 Å². The lowest BCUT2D eigenvalue weighted by Crippen LogP contribution is -2.29. The molecule has 5 heteroatoms. The smallest absolute Gasteiger partial charge is 0.257 e. The number of carbonyl (C=O) groups excluding carboxylic acids is 1. The number of nitrogen functional groups attached to an aromatic ring is 1. The van der Waals surface area contributed by atoms with Crippen LogP contribution >= 0.6 is 0 Å². The average Bonchev–Trinajstić information content (AvgIpc) is 2.34. The fourth-order valence-electron chi connectivity index (χ4n) is 1.21. The molecule has 90 valence electrons. The van der Waals surface area contributed by atoms with Crippen LogP contribution < -0.4 is 15.8 Å². The van der Waals surface area contributed by atoms with Crippen molar-refractivity contribution >= 4 is 11.6 Å². The summed E-state index contributed by atoms with van der Waals surface area (Å²) in [5, 5.41) is 11.3. The minimum absolute atomic E-state index is 0.0733. The molecule has 0 aliphatic carbocycles. The highest BCUT2D eigenvalue weighted by Gasteiger charge is 2.05.